The fraction of sp³-hybridized carbons (Fsp3) is 0.100. The number of amides is 1. The normalized spacial score (nSPS) is 9.94. The number of nitrogen functional groups attached to an aromatic ring is 1. The number of carbonyl (C=O) groups is 1. The predicted octanol–water partition coefficient (Wildman–Crippen LogP) is 0.637. The van der Waals surface area contributed by atoms with Crippen LogP contribution in [0.1, 0.15) is 9.67 Å². The molecule has 1 amide bonds. The summed E-state index contributed by atoms with van der Waals surface area (Å²) in [4.78, 5) is 20.9. The molecule has 2 heterocycles. The van der Waals surface area contributed by atoms with Gasteiger partial charge in [0.05, 0.1) is 12.2 Å². The average Bonchev–Trinajstić information content (AvgIpc) is 2.64. The number of nitrogens with two attached hydrogens (primary N) is 1. The summed E-state index contributed by atoms with van der Waals surface area (Å²) in [6.07, 6.45) is 8.14. The lowest BCUT2D eigenvalue weighted by atomic mass is 10.3. The Morgan fingerprint density at radius 3 is 3.00 bits per heavy atom. The highest BCUT2D eigenvalue weighted by Gasteiger charge is 2.16. The van der Waals surface area contributed by atoms with Crippen LogP contribution in [0.25, 0.3) is 10.3 Å². The van der Waals surface area contributed by atoms with Gasteiger partial charge < -0.3 is 11.1 Å². The van der Waals surface area contributed by atoms with Crippen LogP contribution in [0.3, 0.4) is 0 Å². The number of thiophene rings is 1. The first-order chi connectivity index (χ1) is 7.74. The number of carbonyl (C=O) groups excluding carboxylic acids is 1. The molecule has 0 spiro atoms. The number of anilines is 1. The van der Waals surface area contributed by atoms with E-state index in [-0.39, 0.29) is 12.5 Å². The highest BCUT2D eigenvalue weighted by atomic mass is 32.1. The average molecular weight is 232 g/mol. The first kappa shape index (κ1) is 10.4. The van der Waals surface area contributed by atoms with Crippen molar-refractivity contribution in [2.24, 2.45) is 0 Å². The van der Waals surface area contributed by atoms with Crippen molar-refractivity contribution in [3.8, 4) is 12.3 Å². The Morgan fingerprint density at radius 1 is 1.56 bits per heavy atom. The first-order valence-corrected chi connectivity index (χ1v) is 5.26. The van der Waals surface area contributed by atoms with Crippen LogP contribution in [0.15, 0.2) is 12.4 Å². The molecule has 80 valence electrons. The van der Waals surface area contributed by atoms with Gasteiger partial charge >= 0.3 is 0 Å². The zero-order valence-electron chi connectivity index (χ0n) is 8.23. The van der Waals surface area contributed by atoms with Gasteiger partial charge in [-0.05, 0) is 0 Å². The molecule has 0 saturated carbocycles. The van der Waals surface area contributed by atoms with Crippen LogP contribution >= 0.6 is 11.3 Å². The van der Waals surface area contributed by atoms with Gasteiger partial charge in [-0.1, -0.05) is 5.92 Å². The van der Waals surface area contributed by atoms with E-state index >= 15 is 0 Å². The van der Waals surface area contributed by atoms with Gasteiger partial charge in [0.2, 0.25) is 0 Å². The molecule has 0 saturated heterocycles. The number of fused-ring (bicyclic) bond motifs is 1. The minimum atomic E-state index is -0.291. The first-order valence-electron chi connectivity index (χ1n) is 4.44. The van der Waals surface area contributed by atoms with Gasteiger partial charge in [0.1, 0.15) is 15.2 Å². The highest BCUT2D eigenvalue weighted by Crippen LogP contribution is 2.29. The maximum Gasteiger partial charge on any atom is 0.264 e. The van der Waals surface area contributed by atoms with E-state index in [0.717, 1.165) is 0 Å². The highest BCUT2D eigenvalue weighted by molar-refractivity contribution is 7.21. The standard InChI is InChI=1S/C10H8N4OS/c1-2-3-13-9(15)8-6(11)7-10(16-8)14-5-4-12-7/h1,4-5H,3,11H2,(H,13,15). The Hall–Kier alpha value is -2.13. The summed E-state index contributed by atoms with van der Waals surface area (Å²) in [6.45, 7) is 0.174. The molecule has 5 nitrogen and oxygen atoms in total. The second kappa shape index (κ2) is 4.16. The molecule has 0 aromatic carbocycles. The molecule has 3 N–H and O–H groups in total. The van der Waals surface area contributed by atoms with Crippen LogP contribution in [0.4, 0.5) is 5.69 Å². The van der Waals surface area contributed by atoms with Gasteiger partial charge in [-0.25, -0.2) is 9.97 Å². The molecule has 2 rings (SSSR count). The Balaban J connectivity index is 2.42. The maximum atomic E-state index is 11.7. The van der Waals surface area contributed by atoms with E-state index in [1.807, 2.05) is 0 Å². The third kappa shape index (κ3) is 1.68. The molecule has 0 atom stereocenters. The van der Waals surface area contributed by atoms with Crippen molar-refractivity contribution in [1.29, 1.82) is 0 Å². The summed E-state index contributed by atoms with van der Waals surface area (Å²) in [7, 11) is 0. The van der Waals surface area contributed by atoms with E-state index in [1.54, 1.807) is 6.20 Å². The quantitative estimate of drug-likeness (QED) is 0.744. The van der Waals surface area contributed by atoms with Crippen molar-refractivity contribution in [1.82, 2.24) is 15.3 Å². The lowest BCUT2D eigenvalue weighted by Crippen LogP contribution is -2.23. The van der Waals surface area contributed by atoms with Crippen molar-refractivity contribution in [3.63, 3.8) is 0 Å². The summed E-state index contributed by atoms with van der Waals surface area (Å²) < 4.78 is 0. The van der Waals surface area contributed by atoms with E-state index in [4.69, 9.17) is 12.2 Å². The van der Waals surface area contributed by atoms with Gasteiger partial charge in [-0.2, -0.15) is 0 Å². The minimum absolute atomic E-state index is 0.174. The van der Waals surface area contributed by atoms with Crippen LogP contribution in [0, 0.1) is 12.3 Å². The SMILES string of the molecule is C#CCNC(=O)c1sc2nccnc2c1N. The Kier molecular flexibility index (Phi) is 2.70. The summed E-state index contributed by atoms with van der Waals surface area (Å²) in [5.74, 6) is 2.03. The van der Waals surface area contributed by atoms with Crippen LogP contribution in [0.5, 0.6) is 0 Å². The summed E-state index contributed by atoms with van der Waals surface area (Å²) in [6, 6.07) is 0. The Labute approximate surface area is 95.7 Å². The minimum Gasteiger partial charge on any atom is -0.396 e. The number of rotatable bonds is 2. The largest absolute Gasteiger partial charge is 0.396 e. The zero-order chi connectivity index (χ0) is 11.5. The second-order valence-electron chi connectivity index (χ2n) is 2.94. The second-order valence-corrected chi connectivity index (χ2v) is 3.94. The molecule has 6 heteroatoms. The van der Waals surface area contributed by atoms with E-state index in [0.29, 0.717) is 20.9 Å². The molecule has 16 heavy (non-hydrogen) atoms. The third-order valence-electron chi connectivity index (χ3n) is 1.92. The van der Waals surface area contributed by atoms with Crippen molar-refractivity contribution in [2.75, 3.05) is 12.3 Å². The number of nitrogens with zero attached hydrogens (tertiary/aromatic N) is 2. The van der Waals surface area contributed by atoms with Gasteiger partial charge in [-0.15, -0.1) is 17.8 Å². The van der Waals surface area contributed by atoms with Crippen molar-refractivity contribution >= 4 is 33.3 Å². The van der Waals surface area contributed by atoms with E-state index in [2.05, 4.69) is 21.2 Å². The molecule has 0 radical (unpaired) electrons. The van der Waals surface area contributed by atoms with Gasteiger partial charge in [-0.3, -0.25) is 4.79 Å². The number of hydrogen-bond donors (Lipinski definition) is 2. The van der Waals surface area contributed by atoms with E-state index in [9.17, 15) is 4.79 Å². The van der Waals surface area contributed by atoms with Crippen molar-refractivity contribution in [2.45, 2.75) is 0 Å². The summed E-state index contributed by atoms with van der Waals surface area (Å²) >= 11 is 1.20. The third-order valence-corrected chi connectivity index (χ3v) is 3.02. The Bertz CT molecular complexity index is 584. The summed E-state index contributed by atoms with van der Waals surface area (Å²) in [5, 5.41) is 2.55. The van der Waals surface area contributed by atoms with Crippen LogP contribution in [-0.2, 0) is 0 Å². The fourth-order valence-corrected chi connectivity index (χ4v) is 2.16. The van der Waals surface area contributed by atoms with E-state index in [1.165, 1.54) is 17.5 Å². The van der Waals surface area contributed by atoms with Crippen LogP contribution in [0.2, 0.25) is 0 Å². The van der Waals surface area contributed by atoms with Gasteiger partial charge in [0, 0.05) is 12.4 Å². The molecule has 0 bridgehead atoms. The van der Waals surface area contributed by atoms with E-state index < -0.39 is 0 Å². The molecule has 2 aromatic rings. The molecule has 0 unspecified atom stereocenters. The fourth-order valence-electron chi connectivity index (χ4n) is 1.22. The summed E-state index contributed by atoms with van der Waals surface area (Å²) in [5.41, 5.74) is 6.71. The number of aromatic nitrogens is 2. The molecular formula is C10H8N4OS. The number of nitrogens with one attached hydrogen (secondary N) is 1. The van der Waals surface area contributed by atoms with Crippen molar-refractivity contribution in [3.05, 3.63) is 17.3 Å². The number of terminal acetylenes is 1. The Morgan fingerprint density at radius 2 is 2.31 bits per heavy atom. The van der Waals surface area contributed by atoms with Gasteiger partial charge in [0.15, 0.2) is 0 Å². The predicted molar refractivity (Wildman–Crippen MR) is 63.0 cm³/mol. The van der Waals surface area contributed by atoms with Crippen LogP contribution < -0.4 is 11.1 Å². The lowest BCUT2D eigenvalue weighted by molar-refractivity contribution is 0.0963. The monoisotopic (exact) mass is 232 g/mol. The zero-order valence-corrected chi connectivity index (χ0v) is 9.04. The molecular weight excluding hydrogens is 224 g/mol. The maximum absolute atomic E-state index is 11.7. The van der Waals surface area contributed by atoms with Crippen molar-refractivity contribution < 1.29 is 4.79 Å². The van der Waals surface area contributed by atoms with Crippen LogP contribution in [-0.4, -0.2) is 22.4 Å². The molecule has 0 aliphatic heterocycles. The number of hydrogen-bond acceptors (Lipinski definition) is 5. The molecule has 2 aromatic heterocycles. The molecule has 0 aliphatic carbocycles. The molecule has 0 aliphatic rings. The lowest BCUT2D eigenvalue weighted by Gasteiger charge is -1.98. The topological polar surface area (TPSA) is 80.9 Å². The molecule has 0 fully saturated rings. The van der Waals surface area contributed by atoms with Gasteiger partial charge in [0.25, 0.3) is 5.91 Å². The smallest absolute Gasteiger partial charge is 0.264 e.